The Hall–Kier alpha value is -1.55. The number of methoxy groups -OCH3 is 2. The van der Waals surface area contributed by atoms with Gasteiger partial charge in [0, 0.05) is 12.5 Å². The zero-order chi connectivity index (χ0) is 12.8. The zero-order valence-corrected chi connectivity index (χ0v) is 10.7. The Balaban J connectivity index is 3.00. The van der Waals surface area contributed by atoms with Crippen LogP contribution in [0.2, 0.25) is 0 Å². The van der Waals surface area contributed by atoms with Crippen molar-refractivity contribution in [2.45, 2.75) is 19.4 Å². The molecule has 0 amide bonds. The summed E-state index contributed by atoms with van der Waals surface area (Å²) in [6, 6.07) is 5.68. The third-order valence-electron chi connectivity index (χ3n) is 2.65. The zero-order valence-electron chi connectivity index (χ0n) is 10.7. The van der Waals surface area contributed by atoms with Crippen LogP contribution in [0.25, 0.3) is 0 Å². The van der Waals surface area contributed by atoms with Crippen molar-refractivity contribution in [2.24, 2.45) is 0 Å². The number of Topliss-reactive ketones (excluding diaryl/α,β-unsaturated/α-hetero) is 1. The molecule has 0 heterocycles. The lowest BCUT2D eigenvalue weighted by Gasteiger charge is -2.17. The van der Waals surface area contributed by atoms with E-state index in [1.807, 2.05) is 25.2 Å². The van der Waals surface area contributed by atoms with Gasteiger partial charge in [0.05, 0.1) is 14.2 Å². The molecule has 0 aromatic heterocycles. The number of carbonyl (C=O) groups is 1. The molecule has 0 aliphatic heterocycles. The summed E-state index contributed by atoms with van der Waals surface area (Å²) in [6.07, 6.45) is 0.464. The van der Waals surface area contributed by atoms with Gasteiger partial charge in [0.25, 0.3) is 0 Å². The fourth-order valence-corrected chi connectivity index (χ4v) is 1.74. The third-order valence-corrected chi connectivity index (χ3v) is 2.65. The lowest BCUT2D eigenvalue weighted by Crippen LogP contribution is -2.19. The smallest absolute Gasteiger partial charge is 0.161 e. The van der Waals surface area contributed by atoms with Crippen molar-refractivity contribution in [3.05, 3.63) is 23.8 Å². The normalized spacial score (nSPS) is 12.0. The molecule has 1 atom stereocenters. The van der Waals surface area contributed by atoms with E-state index in [0.29, 0.717) is 17.9 Å². The van der Waals surface area contributed by atoms with Crippen LogP contribution in [0.4, 0.5) is 0 Å². The maximum atomic E-state index is 11.2. The Morgan fingerprint density at radius 2 is 1.94 bits per heavy atom. The molecular weight excluding hydrogens is 218 g/mol. The lowest BCUT2D eigenvalue weighted by molar-refractivity contribution is -0.117. The number of nitrogens with one attached hydrogen (secondary N) is 1. The summed E-state index contributed by atoms with van der Waals surface area (Å²) in [7, 11) is 5.04. The van der Waals surface area contributed by atoms with Crippen LogP contribution in [-0.2, 0) is 4.79 Å². The molecular formula is C13H19NO3. The number of carbonyl (C=O) groups excluding carboxylic acids is 1. The molecule has 0 spiro atoms. The van der Waals surface area contributed by atoms with Crippen LogP contribution in [0.1, 0.15) is 24.9 Å². The van der Waals surface area contributed by atoms with Crippen LogP contribution >= 0.6 is 0 Å². The molecule has 0 fully saturated rings. The summed E-state index contributed by atoms with van der Waals surface area (Å²) < 4.78 is 10.4. The van der Waals surface area contributed by atoms with Gasteiger partial charge in [-0.25, -0.2) is 0 Å². The molecule has 0 aliphatic carbocycles. The number of ketones is 1. The highest BCUT2D eigenvalue weighted by molar-refractivity contribution is 5.76. The Morgan fingerprint density at radius 1 is 1.29 bits per heavy atom. The second-order valence-electron chi connectivity index (χ2n) is 3.86. The van der Waals surface area contributed by atoms with Gasteiger partial charge >= 0.3 is 0 Å². The molecule has 17 heavy (non-hydrogen) atoms. The van der Waals surface area contributed by atoms with Crippen molar-refractivity contribution in [3.8, 4) is 11.5 Å². The molecule has 0 bridgehead atoms. The molecule has 0 radical (unpaired) electrons. The first-order valence-corrected chi connectivity index (χ1v) is 5.51. The highest BCUT2D eigenvalue weighted by Crippen LogP contribution is 2.30. The molecule has 0 aliphatic rings. The lowest BCUT2D eigenvalue weighted by atomic mass is 10.0. The predicted octanol–water partition coefficient (Wildman–Crippen LogP) is 1.94. The molecule has 4 nitrogen and oxygen atoms in total. The van der Waals surface area contributed by atoms with Crippen LogP contribution in [0.15, 0.2) is 18.2 Å². The van der Waals surface area contributed by atoms with E-state index in [1.165, 1.54) is 0 Å². The van der Waals surface area contributed by atoms with Crippen molar-refractivity contribution in [1.82, 2.24) is 5.32 Å². The topological polar surface area (TPSA) is 47.6 Å². The summed E-state index contributed by atoms with van der Waals surface area (Å²) in [4.78, 5) is 11.2. The van der Waals surface area contributed by atoms with Gasteiger partial charge in [0.15, 0.2) is 11.5 Å². The molecule has 1 rings (SSSR count). The number of rotatable bonds is 6. The fourth-order valence-electron chi connectivity index (χ4n) is 1.74. The second kappa shape index (κ2) is 6.25. The summed E-state index contributed by atoms with van der Waals surface area (Å²) in [5.74, 6) is 1.52. The Labute approximate surface area is 102 Å². The first kappa shape index (κ1) is 13.5. The van der Waals surface area contributed by atoms with Gasteiger partial charge in [0.1, 0.15) is 5.78 Å². The van der Waals surface area contributed by atoms with Crippen molar-refractivity contribution in [3.63, 3.8) is 0 Å². The van der Waals surface area contributed by atoms with Gasteiger partial charge < -0.3 is 14.8 Å². The van der Waals surface area contributed by atoms with E-state index in [4.69, 9.17) is 9.47 Å². The van der Waals surface area contributed by atoms with E-state index in [9.17, 15) is 4.79 Å². The molecule has 1 N–H and O–H groups in total. The SMILES string of the molecule is CNC(CC(C)=O)c1ccc(OC)c(OC)c1. The van der Waals surface area contributed by atoms with Crippen molar-refractivity contribution >= 4 is 5.78 Å². The van der Waals surface area contributed by atoms with Gasteiger partial charge in [-0.2, -0.15) is 0 Å². The fraction of sp³-hybridized carbons (Fsp3) is 0.462. The van der Waals surface area contributed by atoms with Crippen LogP contribution in [0, 0.1) is 0 Å². The molecule has 0 saturated heterocycles. The van der Waals surface area contributed by atoms with Gasteiger partial charge in [-0.1, -0.05) is 6.07 Å². The minimum absolute atomic E-state index is 0.00676. The quantitative estimate of drug-likeness (QED) is 0.821. The number of benzene rings is 1. The number of ether oxygens (including phenoxy) is 2. The van der Waals surface area contributed by atoms with E-state index in [0.717, 1.165) is 5.56 Å². The average Bonchev–Trinajstić information content (AvgIpc) is 2.34. The van der Waals surface area contributed by atoms with Crippen molar-refractivity contribution in [1.29, 1.82) is 0 Å². The highest BCUT2D eigenvalue weighted by atomic mass is 16.5. The highest BCUT2D eigenvalue weighted by Gasteiger charge is 2.14. The molecule has 0 saturated carbocycles. The molecule has 1 aromatic carbocycles. The third kappa shape index (κ3) is 3.46. The molecule has 4 heteroatoms. The summed E-state index contributed by atoms with van der Waals surface area (Å²) in [5, 5.41) is 3.12. The van der Waals surface area contributed by atoms with Crippen LogP contribution in [0.5, 0.6) is 11.5 Å². The Kier molecular flexibility index (Phi) is 4.97. The van der Waals surface area contributed by atoms with Gasteiger partial charge in [-0.05, 0) is 31.7 Å². The van der Waals surface area contributed by atoms with Gasteiger partial charge in [-0.3, -0.25) is 4.79 Å². The standard InChI is InChI=1S/C13H19NO3/c1-9(15)7-11(14-2)10-5-6-12(16-3)13(8-10)17-4/h5-6,8,11,14H,7H2,1-4H3. The van der Waals surface area contributed by atoms with E-state index >= 15 is 0 Å². The molecule has 1 unspecified atom stereocenters. The van der Waals surface area contributed by atoms with Crippen LogP contribution in [-0.4, -0.2) is 27.1 Å². The predicted molar refractivity (Wildman–Crippen MR) is 66.6 cm³/mol. The van der Waals surface area contributed by atoms with E-state index in [2.05, 4.69) is 5.32 Å². The van der Waals surface area contributed by atoms with Gasteiger partial charge in [-0.15, -0.1) is 0 Å². The van der Waals surface area contributed by atoms with Gasteiger partial charge in [0.2, 0.25) is 0 Å². The maximum Gasteiger partial charge on any atom is 0.161 e. The van der Waals surface area contributed by atoms with Crippen molar-refractivity contribution in [2.75, 3.05) is 21.3 Å². The Morgan fingerprint density at radius 3 is 2.41 bits per heavy atom. The maximum absolute atomic E-state index is 11.2. The van der Waals surface area contributed by atoms with Crippen LogP contribution in [0.3, 0.4) is 0 Å². The summed E-state index contributed by atoms with van der Waals surface area (Å²) in [6.45, 7) is 1.59. The average molecular weight is 237 g/mol. The van der Waals surface area contributed by atoms with E-state index < -0.39 is 0 Å². The summed E-state index contributed by atoms with van der Waals surface area (Å²) >= 11 is 0. The van der Waals surface area contributed by atoms with Crippen molar-refractivity contribution < 1.29 is 14.3 Å². The first-order chi connectivity index (χ1) is 8.12. The largest absolute Gasteiger partial charge is 0.493 e. The second-order valence-corrected chi connectivity index (χ2v) is 3.86. The number of hydrogen-bond acceptors (Lipinski definition) is 4. The molecule has 1 aromatic rings. The number of hydrogen-bond donors (Lipinski definition) is 1. The van der Waals surface area contributed by atoms with E-state index in [-0.39, 0.29) is 11.8 Å². The van der Waals surface area contributed by atoms with E-state index in [1.54, 1.807) is 21.1 Å². The minimum atomic E-state index is 0.00676. The van der Waals surface area contributed by atoms with Crippen LogP contribution < -0.4 is 14.8 Å². The minimum Gasteiger partial charge on any atom is -0.493 e. The monoisotopic (exact) mass is 237 g/mol. The first-order valence-electron chi connectivity index (χ1n) is 5.51. The summed E-state index contributed by atoms with van der Waals surface area (Å²) in [5.41, 5.74) is 1.01. The molecule has 94 valence electrons. The Bertz CT molecular complexity index is 390.